The molecule has 0 amide bonds. The molecule has 0 saturated carbocycles. The van der Waals surface area contributed by atoms with Crippen LogP contribution in [0.4, 0.5) is 0 Å². The molecule has 0 radical (unpaired) electrons. The molecule has 0 aliphatic heterocycles. The molecular weight excluding hydrogens is 745 g/mol. The summed E-state index contributed by atoms with van der Waals surface area (Å²) < 4.78 is 7.26. The summed E-state index contributed by atoms with van der Waals surface area (Å²) in [6.45, 7) is 0. The van der Waals surface area contributed by atoms with Gasteiger partial charge in [-0.1, -0.05) is 188 Å². The number of nitrogens with zero attached hydrogens (tertiary/aromatic N) is 4. The fourth-order valence-corrected chi connectivity index (χ4v) is 8.88. The van der Waals surface area contributed by atoms with Crippen LogP contribution >= 0.6 is 0 Å². The molecule has 0 N–H and O–H groups in total. The highest BCUT2D eigenvalue weighted by molar-refractivity contribution is 6.26. The number of hydrogen-bond acceptors (Lipinski definition) is 5. The number of para-hydroxylation sites is 1. The number of benzene rings is 9. The van der Waals surface area contributed by atoms with Crippen LogP contribution in [-0.4, -0.2) is 19.9 Å². The number of rotatable bonds is 6. The summed E-state index contributed by atoms with van der Waals surface area (Å²) in [5.74, 6) is 2.55. The number of furan rings is 1. The highest BCUT2D eigenvalue weighted by atomic mass is 16.3. The Bertz CT molecular complexity index is 3550. The Morgan fingerprint density at radius 1 is 0.295 bits per heavy atom. The van der Waals surface area contributed by atoms with Gasteiger partial charge in [-0.25, -0.2) is 19.9 Å². The fraction of sp³-hybridized carbons (Fsp3) is 0. The van der Waals surface area contributed by atoms with Crippen molar-refractivity contribution >= 4 is 54.2 Å². The van der Waals surface area contributed by atoms with Gasteiger partial charge >= 0.3 is 0 Å². The quantitative estimate of drug-likeness (QED) is 0.157. The summed E-state index contributed by atoms with van der Waals surface area (Å²) >= 11 is 0. The molecule has 284 valence electrons. The van der Waals surface area contributed by atoms with Crippen LogP contribution in [0.3, 0.4) is 0 Å². The third-order valence-corrected chi connectivity index (χ3v) is 11.7. The summed E-state index contributed by atoms with van der Waals surface area (Å²) in [6, 6.07) is 71.5. The summed E-state index contributed by atoms with van der Waals surface area (Å²) in [7, 11) is 0. The largest absolute Gasteiger partial charge is 0.453 e. The van der Waals surface area contributed by atoms with Crippen molar-refractivity contribution in [1.29, 1.82) is 0 Å². The summed E-state index contributed by atoms with van der Waals surface area (Å²) in [5, 5.41) is 9.37. The van der Waals surface area contributed by atoms with Gasteiger partial charge in [0.2, 0.25) is 0 Å². The van der Waals surface area contributed by atoms with Crippen LogP contribution < -0.4 is 0 Å². The van der Waals surface area contributed by atoms with E-state index in [4.69, 9.17) is 24.4 Å². The third-order valence-electron chi connectivity index (χ3n) is 11.7. The van der Waals surface area contributed by atoms with Crippen LogP contribution in [0.15, 0.2) is 211 Å². The lowest BCUT2D eigenvalue weighted by Gasteiger charge is -2.13. The Balaban J connectivity index is 1.15. The van der Waals surface area contributed by atoms with Crippen LogP contribution in [0, 0.1) is 0 Å². The fourth-order valence-electron chi connectivity index (χ4n) is 8.88. The highest BCUT2D eigenvalue weighted by Gasteiger charge is 2.25. The van der Waals surface area contributed by atoms with Gasteiger partial charge in [0.05, 0.1) is 5.52 Å². The lowest BCUT2D eigenvalue weighted by atomic mass is 9.90. The molecule has 3 aromatic heterocycles. The average Bonchev–Trinajstić information content (AvgIpc) is 3.76. The van der Waals surface area contributed by atoms with Crippen LogP contribution in [-0.2, 0) is 0 Å². The van der Waals surface area contributed by atoms with E-state index in [1.54, 1.807) is 0 Å². The smallest absolute Gasteiger partial charge is 0.164 e. The second kappa shape index (κ2) is 14.2. The molecule has 0 fully saturated rings. The van der Waals surface area contributed by atoms with Crippen molar-refractivity contribution in [3.8, 4) is 67.9 Å². The molecule has 12 rings (SSSR count). The Hall–Kier alpha value is -8.28. The van der Waals surface area contributed by atoms with E-state index in [0.717, 1.165) is 72.3 Å². The number of aromatic nitrogens is 4. The van der Waals surface area contributed by atoms with Crippen molar-refractivity contribution in [1.82, 2.24) is 19.9 Å². The lowest BCUT2D eigenvalue weighted by Crippen LogP contribution is -2.00. The Labute approximate surface area is 351 Å². The standard InChI is InChI=1S/C56H34N4O/c1-4-17-35(18-5-1)51-53-50(46-29-14-15-30-48(46)57-51)49(38-31-32-45-43-27-11-10-25-41(43)42-26-12-13-28-44(42)47(45)34-38)52(61-53)39-23-16-24-40(33-39)56-59-54(36-19-6-2-7-20-36)58-55(60-56)37-21-8-3-9-22-37/h1-34H. The molecular formula is C56H34N4O. The zero-order valence-electron chi connectivity index (χ0n) is 32.8. The van der Waals surface area contributed by atoms with Crippen molar-refractivity contribution in [2.45, 2.75) is 0 Å². The van der Waals surface area contributed by atoms with E-state index in [0.29, 0.717) is 17.5 Å². The third kappa shape index (κ3) is 5.86. The zero-order chi connectivity index (χ0) is 40.3. The minimum absolute atomic E-state index is 0.577. The summed E-state index contributed by atoms with van der Waals surface area (Å²) in [6.07, 6.45) is 0. The molecule has 3 heterocycles. The topological polar surface area (TPSA) is 64.7 Å². The van der Waals surface area contributed by atoms with E-state index in [1.807, 2.05) is 78.9 Å². The first-order valence-electron chi connectivity index (χ1n) is 20.5. The van der Waals surface area contributed by atoms with Crippen molar-refractivity contribution in [2.24, 2.45) is 0 Å². The van der Waals surface area contributed by atoms with Crippen LogP contribution in [0.1, 0.15) is 0 Å². The lowest BCUT2D eigenvalue weighted by molar-refractivity contribution is 0.632. The van der Waals surface area contributed by atoms with E-state index < -0.39 is 0 Å². The van der Waals surface area contributed by atoms with Gasteiger partial charge in [-0.05, 0) is 56.1 Å². The molecule has 0 saturated heterocycles. The first-order chi connectivity index (χ1) is 30.2. The first-order valence-corrected chi connectivity index (χ1v) is 20.5. The average molecular weight is 779 g/mol. The van der Waals surface area contributed by atoms with Crippen molar-refractivity contribution in [2.75, 3.05) is 0 Å². The SMILES string of the molecule is c1ccc(-c2nc(-c3ccccc3)nc(-c3cccc(-c4oc5c(-c6ccccc6)nc6ccccc6c5c4-c4ccc5c6ccccc6c6ccccc6c5c4)c3)n2)cc1. The predicted molar refractivity (Wildman–Crippen MR) is 250 cm³/mol. The van der Waals surface area contributed by atoms with Crippen LogP contribution in [0.2, 0.25) is 0 Å². The minimum atomic E-state index is 0.577. The normalized spacial score (nSPS) is 11.6. The second-order valence-corrected chi connectivity index (χ2v) is 15.3. The van der Waals surface area contributed by atoms with Gasteiger partial charge in [-0.2, -0.15) is 0 Å². The molecule has 0 unspecified atom stereocenters. The molecule has 61 heavy (non-hydrogen) atoms. The maximum absolute atomic E-state index is 7.26. The molecule has 0 aliphatic carbocycles. The van der Waals surface area contributed by atoms with Gasteiger partial charge in [-0.3, -0.25) is 0 Å². The summed E-state index contributed by atoms with van der Waals surface area (Å²) in [4.78, 5) is 20.4. The molecule has 0 aliphatic rings. The van der Waals surface area contributed by atoms with Crippen LogP contribution in [0.5, 0.6) is 0 Å². The van der Waals surface area contributed by atoms with Gasteiger partial charge in [0, 0.05) is 44.2 Å². The molecule has 12 aromatic rings. The maximum Gasteiger partial charge on any atom is 0.164 e. The maximum atomic E-state index is 7.26. The molecule has 0 bridgehead atoms. The Morgan fingerprint density at radius 2 is 0.754 bits per heavy atom. The van der Waals surface area contributed by atoms with Crippen molar-refractivity contribution in [3.05, 3.63) is 206 Å². The van der Waals surface area contributed by atoms with E-state index in [-0.39, 0.29) is 0 Å². The molecule has 0 spiro atoms. The highest BCUT2D eigenvalue weighted by Crippen LogP contribution is 2.48. The Kier molecular flexibility index (Phi) is 8.10. The van der Waals surface area contributed by atoms with E-state index in [2.05, 4.69) is 127 Å². The van der Waals surface area contributed by atoms with Crippen molar-refractivity contribution in [3.63, 3.8) is 0 Å². The number of fused-ring (bicyclic) bond motifs is 9. The zero-order valence-corrected chi connectivity index (χ0v) is 32.8. The van der Waals surface area contributed by atoms with Gasteiger partial charge in [0.1, 0.15) is 11.5 Å². The first kappa shape index (κ1) is 34.7. The molecule has 5 heteroatoms. The van der Waals surface area contributed by atoms with Gasteiger partial charge < -0.3 is 4.42 Å². The second-order valence-electron chi connectivity index (χ2n) is 15.3. The van der Waals surface area contributed by atoms with E-state index >= 15 is 0 Å². The summed E-state index contributed by atoms with van der Waals surface area (Å²) in [5.41, 5.74) is 9.08. The van der Waals surface area contributed by atoms with E-state index in [9.17, 15) is 0 Å². The van der Waals surface area contributed by atoms with Crippen molar-refractivity contribution < 1.29 is 4.42 Å². The minimum Gasteiger partial charge on any atom is -0.453 e. The Morgan fingerprint density at radius 3 is 1.36 bits per heavy atom. The van der Waals surface area contributed by atoms with E-state index in [1.165, 1.54) is 32.3 Å². The van der Waals surface area contributed by atoms with Crippen LogP contribution in [0.25, 0.3) is 122 Å². The number of pyridine rings is 1. The molecule has 9 aromatic carbocycles. The van der Waals surface area contributed by atoms with Gasteiger partial charge in [-0.15, -0.1) is 0 Å². The monoisotopic (exact) mass is 778 g/mol. The van der Waals surface area contributed by atoms with Gasteiger partial charge in [0.25, 0.3) is 0 Å². The predicted octanol–water partition coefficient (Wildman–Crippen LogP) is 14.6. The number of hydrogen-bond donors (Lipinski definition) is 0. The van der Waals surface area contributed by atoms with Gasteiger partial charge in [0.15, 0.2) is 23.1 Å². The molecule has 5 nitrogen and oxygen atoms in total. The molecule has 0 atom stereocenters.